The van der Waals surface area contributed by atoms with Gasteiger partial charge in [0, 0.05) is 11.3 Å². The van der Waals surface area contributed by atoms with Gasteiger partial charge in [-0.15, -0.1) is 0 Å². The smallest absolute Gasteiger partial charge is 0.158 e. The van der Waals surface area contributed by atoms with Crippen LogP contribution in [0.25, 0.3) is 11.1 Å². The molecule has 0 aromatic heterocycles. The van der Waals surface area contributed by atoms with Crippen molar-refractivity contribution in [3.8, 4) is 22.6 Å². The zero-order valence-corrected chi connectivity index (χ0v) is 20.4. The second kappa shape index (κ2) is 8.07. The highest BCUT2D eigenvalue weighted by atomic mass is 31.2. The molecule has 0 N–H and O–H groups in total. The van der Waals surface area contributed by atoms with Crippen LogP contribution in [0.2, 0.25) is 0 Å². The number of rotatable bonds is 3. The van der Waals surface area contributed by atoms with E-state index in [4.69, 9.17) is 9.47 Å². The lowest BCUT2D eigenvalue weighted by Gasteiger charge is -2.29. The minimum atomic E-state index is -2.69. The SMILES string of the molecule is O=[P@]1(C2CCCCC2)COc2cccc(-c3cccc4c3[P@@](=O)(C3CCCCC3)CO4)c21. The van der Waals surface area contributed by atoms with E-state index >= 15 is 0 Å². The third-order valence-electron chi connectivity index (χ3n) is 8.20. The lowest BCUT2D eigenvalue weighted by atomic mass is 10.0. The van der Waals surface area contributed by atoms with Gasteiger partial charge in [0.1, 0.15) is 24.2 Å². The minimum Gasteiger partial charge on any atom is -0.485 e. The van der Waals surface area contributed by atoms with Gasteiger partial charge in [-0.05, 0) is 48.9 Å². The van der Waals surface area contributed by atoms with Crippen molar-refractivity contribution >= 4 is 24.9 Å². The van der Waals surface area contributed by atoms with E-state index in [0.29, 0.717) is 12.7 Å². The van der Waals surface area contributed by atoms with Gasteiger partial charge in [0.05, 0.1) is 10.6 Å². The van der Waals surface area contributed by atoms with Crippen molar-refractivity contribution in [1.82, 2.24) is 0 Å². The highest BCUT2D eigenvalue weighted by Gasteiger charge is 2.47. The molecule has 0 unspecified atom stereocenters. The second-order valence-electron chi connectivity index (χ2n) is 10.0. The maximum absolute atomic E-state index is 14.5. The van der Waals surface area contributed by atoms with Crippen LogP contribution in [-0.4, -0.2) is 24.0 Å². The van der Waals surface area contributed by atoms with Crippen molar-refractivity contribution in [2.24, 2.45) is 0 Å². The summed E-state index contributed by atoms with van der Waals surface area (Å²) < 4.78 is 41.2. The first-order chi connectivity index (χ1) is 15.6. The Bertz CT molecular complexity index is 1040. The number of benzene rings is 2. The predicted molar refractivity (Wildman–Crippen MR) is 131 cm³/mol. The van der Waals surface area contributed by atoms with Crippen molar-refractivity contribution in [3.63, 3.8) is 0 Å². The molecule has 2 aliphatic heterocycles. The third-order valence-corrected chi connectivity index (χ3v) is 15.1. The summed E-state index contributed by atoms with van der Waals surface area (Å²) in [4.78, 5) is 0. The van der Waals surface area contributed by atoms with Crippen molar-refractivity contribution in [1.29, 1.82) is 0 Å². The number of hydrogen-bond acceptors (Lipinski definition) is 4. The largest absolute Gasteiger partial charge is 0.485 e. The molecule has 2 saturated carbocycles. The molecule has 6 heteroatoms. The molecular formula is C26H32O4P2. The van der Waals surface area contributed by atoms with E-state index in [-0.39, 0.29) is 11.3 Å². The molecule has 170 valence electrons. The Morgan fingerprint density at radius 2 is 1.00 bits per heavy atom. The summed E-state index contributed by atoms with van der Waals surface area (Å²) in [6.07, 6.45) is 11.8. The summed E-state index contributed by atoms with van der Waals surface area (Å²) in [5.74, 6) is 1.53. The molecule has 32 heavy (non-hydrogen) atoms. The monoisotopic (exact) mass is 470 g/mol. The predicted octanol–water partition coefficient (Wildman–Crippen LogP) is 6.70. The molecule has 0 bridgehead atoms. The standard InChI is InChI=1S/C26H32O4P2/c27-31(19-9-3-1-4-10-19)17-29-23-15-7-13-21(25(23)31)22-14-8-16-24-26(22)32(28,18-30-24)20-11-5-2-6-12-20/h7-8,13-16,19-20H,1-6,9-12,17-18H2/t31-,32-/m0/s1. The maximum Gasteiger partial charge on any atom is 0.158 e. The summed E-state index contributed by atoms with van der Waals surface area (Å²) >= 11 is 0. The summed E-state index contributed by atoms with van der Waals surface area (Å²) in [5.41, 5.74) is 2.34. The third kappa shape index (κ3) is 3.17. The van der Waals surface area contributed by atoms with Gasteiger partial charge in [-0.25, -0.2) is 0 Å². The van der Waals surface area contributed by atoms with Crippen LogP contribution in [0, 0.1) is 0 Å². The lowest BCUT2D eigenvalue weighted by Crippen LogP contribution is -2.23. The van der Waals surface area contributed by atoms with E-state index in [2.05, 4.69) is 12.1 Å². The Hall–Kier alpha value is -1.50. The molecule has 0 saturated heterocycles. The Morgan fingerprint density at radius 3 is 1.41 bits per heavy atom. The van der Waals surface area contributed by atoms with E-state index in [0.717, 1.165) is 84.6 Å². The van der Waals surface area contributed by atoms with Gasteiger partial charge < -0.3 is 18.6 Å². The molecular weight excluding hydrogens is 438 g/mol. The van der Waals surface area contributed by atoms with Crippen LogP contribution < -0.4 is 20.1 Å². The van der Waals surface area contributed by atoms with Crippen molar-refractivity contribution in [2.75, 3.05) is 12.7 Å². The van der Waals surface area contributed by atoms with E-state index < -0.39 is 14.3 Å². The molecule has 2 heterocycles. The fraction of sp³-hybridized carbons (Fsp3) is 0.538. The van der Waals surface area contributed by atoms with E-state index in [9.17, 15) is 9.13 Å². The van der Waals surface area contributed by atoms with Crippen LogP contribution in [0.5, 0.6) is 11.5 Å². The van der Waals surface area contributed by atoms with Gasteiger partial charge in [-0.1, -0.05) is 62.8 Å². The Labute approximate surface area is 190 Å². The van der Waals surface area contributed by atoms with Gasteiger partial charge in [0.2, 0.25) is 0 Å². The molecule has 2 aromatic carbocycles. The second-order valence-corrected chi connectivity index (χ2v) is 16.1. The highest BCUT2D eigenvalue weighted by molar-refractivity contribution is 7.73. The molecule has 2 aliphatic carbocycles. The summed E-state index contributed by atoms with van der Waals surface area (Å²) in [5, 5.41) is 1.81. The van der Waals surface area contributed by atoms with Crippen LogP contribution >= 0.6 is 14.3 Å². The van der Waals surface area contributed by atoms with Gasteiger partial charge in [-0.3, -0.25) is 0 Å². The zero-order chi connectivity index (χ0) is 21.8. The number of hydrogen-bond donors (Lipinski definition) is 0. The summed E-state index contributed by atoms with van der Waals surface area (Å²) in [7, 11) is -5.38. The van der Waals surface area contributed by atoms with Crippen LogP contribution in [0.4, 0.5) is 0 Å². The van der Waals surface area contributed by atoms with Crippen molar-refractivity contribution < 1.29 is 18.6 Å². The first kappa shape index (κ1) is 21.1. The van der Waals surface area contributed by atoms with Gasteiger partial charge in [0.25, 0.3) is 0 Å². The Kier molecular flexibility index (Phi) is 5.31. The van der Waals surface area contributed by atoms with Crippen LogP contribution in [0.1, 0.15) is 64.2 Å². The molecule has 0 spiro atoms. The van der Waals surface area contributed by atoms with Gasteiger partial charge >= 0.3 is 0 Å². The average molecular weight is 470 g/mol. The summed E-state index contributed by atoms with van der Waals surface area (Å²) in [6.45, 7) is 0. The maximum atomic E-state index is 14.5. The van der Waals surface area contributed by atoms with Gasteiger partial charge in [0.15, 0.2) is 14.3 Å². The first-order valence-electron chi connectivity index (χ1n) is 12.3. The van der Waals surface area contributed by atoms with E-state index in [1.165, 1.54) is 12.8 Å². The van der Waals surface area contributed by atoms with Crippen LogP contribution in [0.3, 0.4) is 0 Å². The fourth-order valence-corrected chi connectivity index (χ4v) is 13.2. The summed E-state index contributed by atoms with van der Waals surface area (Å²) in [6, 6.07) is 12.0. The van der Waals surface area contributed by atoms with E-state index in [1.807, 2.05) is 24.3 Å². The van der Waals surface area contributed by atoms with Crippen molar-refractivity contribution in [3.05, 3.63) is 36.4 Å². The van der Waals surface area contributed by atoms with E-state index in [1.54, 1.807) is 0 Å². The first-order valence-corrected chi connectivity index (χ1v) is 16.2. The molecule has 2 aromatic rings. The molecule has 0 amide bonds. The zero-order valence-electron chi connectivity index (χ0n) is 18.6. The molecule has 2 fully saturated rings. The molecule has 6 rings (SSSR count). The Balaban J connectivity index is 1.51. The Morgan fingerprint density at radius 1 is 0.594 bits per heavy atom. The topological polar surface area (TPSA) is 52.6 Å². The molecule has 4 aliphatic rings. The van der Waals surface area contributed by atoms with Crippen LogP contribution in [0.15, 0.2) is 36.4 Å². The number of fused-ring (bicyclic) bond motifs is 2. The molecule has 0 radical (unpaired) electrons. The average Bonchev–Trinajstić information content (AvgIpc) is 3.39. The highest BCUT2D eigenvalue weighted by Crippen LogP contribution is 2.63. The molecule has 4 nitrogen and oxygen atoms in total. The quantitative estimate of drug-likeness (QED) is 0.469. The normalized spacial score (nSPS) is 30.4. The minimum absolute atomic E-state index is 0.205. The van der Waals surface area contributed by atoms with Crippen LogP contribution in [-0.2, 0) is 9.13 Å². The fourth-order valence-electron chi connectivity index (χ4n) is 6.53. The molecule has 2 atom stereocenters. The number of ether oxygens (including phenoxy) is 2. The van der Waals surface area contributed by atoms with Crippen molar-refractivity contribution in [2.45, 2.75) is 75.5 Å². The van der Waals surface area contributed by atoms with Gasteiger partial charge in [-0.2, -0.15) is 0 Å². The lowest BCUT2D eigenvalue weighted by molar-refractivity contribution is 0.387.